The molecule has 0 bridgehead atoms. The van der Waals surface area contributed by atoms with Crippen molar-refractivity contribution < 1.29 is 9.53 Å². The smallest absolute Gasteiger partial charge is 0.276 e. The van der Waals surface area contributed by atoms with Crippen molar-refractivity contribution in [3.63, 3.8) is 0 Å². The van der Waals surface area contributed by atoms with Gasteiger partial charge in [-0.05, 0) is 42.8 Å². The van der Waals surface area contributed by atoms with E-state index in [4.69, 9.17) is 4.74 Å². The largest absolute Gasteiger partial charge is 0.495 e. The third kappa shape index (κ3) is 4.26. The molecule has 0 unspecified atom stereocenters. The van der Waals surface area contributed by atoms with E-state index in [9.17, 15) is 4.79 Å². The van der Waals surface area contributed by atoms with Crippen LogP contribution in [0.4, 0.5) is 17.3 Å². The van der Waals surface area contributed by atoms with Crippen LogP contribution in [0.25, 0.3) is 22.2 Å². The molecule has 0 aliphatic carbocycles. The molecule has 5 aromatic rings. The number of methoxy groups -OCH3 is 1. The lowest BCUT2D eigenvalue weighted by atomic mass is 10.1. The third-order valence-electron chi connectivity index (χ3n) is 5.33. The molecule has 168 valence electrons. The second-order valence-corrected chi connectivity index (χ2v) is 7.61. The number of H-pyrrole nitrogens is 1. The molecule has 0 aliphatic heterocycles. The van der Waals surface area contributed by atoms with Crippen molar-refractivity contribution in [1.29, 1.82) is 0 Å². The Labute approximate surface area is 195 Å². The minimum absolute atomic E-state index is 0.295. The van der Waals surface area contributed by atoms with Crippen LogP contribution in [0.1, 0.15) is 16.1 Å². The van der Waals surface area contributed by atoms with E-state index in [1.54, 1.807) is 31.8 Å². The van der Waals surface area contributed by atoms with Gasteiger partial charge in [0.15, 0.2) is 5.69 Å². The Bertz CT molecular complexity index is 1500. The number of nitrogens with one attached hydrogen (secondary N) is 3. The normalized spacial score (nSPS) is 10.8. The van der Waals surface area contributed by atoms with Gasteiger partial charge in [-0.3, -0.25) is 14.9 Å². The number of aryl methyl sites for hydroxylation is 1. The number of para-hydroxylation sites is 1. The Morgan fingerprint density at radius 2 is 1.94 bits per heavy atom. The average molecular weight is 451 g/mol. The number of ether oxygens (including phenoxy) is 1. The van der Waals surface area contributed by atoms with Crippen LogP contribution in [0.15, 0.2) is 73.2 Å². The van der Waals surface area contributed by atoms with E-state index in [2.05, 4.69) is 35.8 Å². The number of hydrogen-bond donors (Lipinski definition) is 3. The highest BCUT2D eigenvalue weighted by Gasteiger charge is 2.15. The zero-order chi connectivity index (χ0) is 23.5. The SMILES string of the molecule is COc1cncc(-c2ccnc(Nc3cc(NC(=O)c4n[nH]c5ccccc45)ccc3C)n2)c1. The van der Waals surface area contributed by atoms with Gasteiger partial charge < -0.3 is 15.4 Å². The number of carbonyl (C=O) groups excluding carboxylic acids is 1. The van der Waals surface area contributed by atoms with Crippen LogP contribution in [-0.4, -0.2) is 38.2 Å². The molecule has 3 heterocycles. The van der Waals surface area contributed by atoms with Gasteiger partial charge in [-0.1, -0.05) is 24.3 Å². The van der Waals surface area contributed by atoms with Gasteiger partial charge in [0.2, 0.25) is 5.95 Å². The molecule has 0 saturated carbocycles. The summed E-state index contributed by atoms with van der Waals surface area (Å²) >= 11 is 0. The van der Waals surface area contributed by atoms with Gasteiger partial charge in [0.25, 0.3) is 5.91 Å². The van der Waals surface area contributed by atoms with Gasteiger partial charge in [0.05, 0.1) is 24.5 Å². The highest BCUT2D eigenvalue weighted by molar-refractivity contribution is 6.11. The van der Waals surface area contributed by atoms with E-state index in [1.807, 2.05) is 55.5 Å². The molecule has 2 aromatic carbocycles. The monoisotopic (exact) mass is 451 g/mol. The molecule has 3 aromatic heterocycles. The first-order valence-electron chi connectivity index (χ1n) is 10.6. The summed E-state index contributed by atoms with van der Waals surface area (Å²) in [7, 11) is 1.59. The van der Waals surface area contributed by atoms with Crippen LogP contribution in [0.3, 0.4) is 0 Å². The van der Waals surface area contributed by atoms with Gasteiger partial charge >= 0.3 is 0 Å². The molecular weight excluding hydrogens is 430 g/mol. The fourth-order valence-electron chi connectivity index (χ4n) is 3.53. The van der Waals surface area contributed by atoms with E-state index in [1.165, 1.54) is 0 Å². The minimum Gasteiger partial charge on any atom is -0.495 e. The van der Waals surface area contributed by atoms with Crippen molar-refractivity contribution >= 4 is 34.1 Å². The first kappa shape index (κ1) is 21.1. The summed E-state index contributed by atoms with van der Waals surface area (Å²) in [5.74, 6) is 0.774. The van der Waals surface area contributed by atoms with Crippen LogP contribution < -0.4 is 15.4 Å². The molecule has 0 spiro atoms. The molecule has 1 amide bonds. The lowest BCUT2D eigenvalue weighted by Crippen LogP contribution is -2.13. The Morgan fingerprint density at radius 3 is 2.82 bits per heavy atom. The first-order valence-corrected chi connectivity index (χ1v) is 10.6. The van der Waals surface area contributed by atoms with Gasteiger partial charge in [0, 0.05) is 34.7 Å². The summed E-state index contributed by atoms with van der Waals surface area (Å²) in [6.07, 6.45) is 5.03. The van der Waals surface area contributed by atoms with Crippen molar-refractivity contribution in [1.82, 2.24) is 25.1 Å². The maximum Gasteiger partial charge on any atom is 0.276 e. The summed E-state index contributed by atoms with van der Waals surface area (Å²) in [6.45, 7) is 1.96. The predicted octanol–water partition coefficient (Wildman–Crippen LogP) is 4.73. The molecule has 0 saturated heterocycles. The highest BCUT2D eigenvalue weighted by atomic mass is 16.5. The number of pyridine rings is 1. The highest BCUT2D eigenvalue weighted by Crippen LogP contribution is 2.26. The van der Waals surface area contributed by atoms with Crippen molar-refractivity contribution in [2.24, 2.45) is 0 Å². The molecular formula is C25H21N7O2. The van der Waals surface area contributed by atoms with E-state index in [0.717, 1.165) is 27.7 Å². The van der Waals surface area contributed by atoms with E-state index < -0.39 is 0 Å². The quantitative estimate of drug-likeness (QED) is 0.342. The van der Waals surface area contributed by atoms with Crippen molar-refractivity contribution in [3.05, 3.63) is 84.4 Å². The Balaban J connectivity index is 1.38. The van der Waals surface area contributed by atoms with E-state index in [0.29, 0.717) is 28.8 Å². The Kier molecular flexibility index (Phi) is 5.57. The standard InChI is InChI=1S/C25H21N7O2/c1-15-7-8-17(28-24(33)23-19-5-3-4-6-21(19)31-32-23)12-22(15)30-25-27-10-9-20(29-25)16-11-18(34-2)14-26-13-16/h3-14H,1-2H3,(H,28,33)(H,31,32)(H,27,29,30). The van der Waals surface area contributed by atoms with Crippen molar-refractivity contribution in [3.8, 4) is 17.0 Å². The zero-order valence-corrected chi connectivity index (χ0v) is 18.5. The van der Waals surface area contributed by atoms with Gasteiger partial charge in [0.1, 0.15) is 5.75 Å². The summed E-state index contributed by atoms with van der Waals surface area (Å²) in [4.78, 5) is 26.0. The van der Waals surface area contributed by atoms with Crippen LogP contribution in [0.2, 0.25) is 0 Å². The summed E-state index contributed by atoms with van der Waals surface area (Å²) in [5, 5.41) is 14.0. The molecule has 0 radical (unpaired) electrons. The lowest BCUT2D eigenvalue weighted by molar-refractivity contribution is 0.102. The number of fused-ring (bicyclic) bond motifs is 1. The molecule has 0 aliphatic rings. The molecule has 34 heavy (non-hydrogen) atoms. The van der Waals surface area contributed by atoms with Crippen LogP contribution in [0.5, 0.6) is 5.75 Å². The van der Waals surface area contributed by atoms with Gasteiger partial charge in [-0.25, -0.2) is 9.97 Å². The fourth-order valence-corrected chi connectivity index (χ4v) is 3.53. The molecule has 0 fully saturated rings. The summed E-state index contributed by atoms with van der Waals surface area (Å²) < 4.78 is 5.25. The zero-order valence-electron chi connectivity index (χ0n) is 18.5. The van der Waals surface area contributed by atoms with E-state index in [-0.39, 0.29) is 5.91 Å². The maximum atomic E-state index is 12.8. The topological polar surface area (TPSA) is 118 Å². The maximum absolute atomic E-state index is 12.8. The molecule has 3 N–H and O–H groups in total. The van der Waals surface area contributed by atoms with Crippen LogP contribution in [-0.2, 0) is 0 Å². The summed E-state index contributed by atoms with van der Waals surface area (Å²) in [6, 6.07) is 16.8. The minimum atomic E-state index is -0.295. The van der Waals surface area contributed by atoms with Crippen LogP contribution in [0, 0.1) is 6.92 Å². The van der Waals surface area contributed by atoms with Crippen LogP contribution >= 0.6 is 0 Å². The lowest BCUT2D eigenvalue weighted by Gasteiger charge is -2.12. The number of aromatic nitrogens is 5. The molecule has 9 heteroatoms. The number of benzene rings is 2. The molecule has 9 nitrogen and oxygen atoms in total. The average Bonchev–Trinajstić information content (AvgIpc) is 3.31. The molecule has 0 atom stereocenters. The Morgan fingerprint density at radius 1 is 1.06 bits per heavy atom. The van der Waals surface area contributed by atoms with E-state index >= 15 is 0 Å². The Hall–Kier alpha value is -4.79. The second kappa shape index (κ2) is 8.99. The second-order valence-electron chi connectivity index (χ2n) is 7.61. The van der Waals surface area contributed by atoms with Crippen molar-refractivity contribution in [2.75, 3.05) is 17.7 Å². The number of amides is 1. The number of aromatic amines is 1. The number of anilines is 3. The third-order valence-corrected chi connectivity index (χ3v) is 5.33. The number of rotatable bonds is 6. The number of carbonyl (C=O) groups is 1. The predicted molar refractivity (Wildman–Crippen MR) is 130 cm³/mol. The van der Waals surface area contributed by atoms with Crippen molar-refractivity contribution in [2.45, 2.75) is 6.92 Å². The number of nitrogens with zero attached hydrogens (tertiary/aromatic N) is 4. The summed E-state index contributed by atoms with van der Waals surface area (Å²) in [5.41, 5.74) is 5.03. The van der Waals surface area contributed by atoms with Gasteiger partial charge in [-0.15, -0.1) is 0 Å². The fraction of sp³-hybridized carbons (Fsp3) is 0.0800. The number of hydrogen-bond acceptors (Lipinski definition) is 7. The molecule has 5 rings (SSSR count). The van der Waals surface area contributed by atoms with Gasteiger partial charge in [-0.2, -0.15) is 5.10 Å². The first-order chi connectivity index (χ1) is 16.6.